The first kappa shape index (κ1) is 14.8. The summed E-state index contributed by atoms with van der Waals surface area (Å²) in [6.45, 7) is 1.26. The minimum absolute atomic E-state index is 0.153. The molecular formula is C13H15F3N2O2S. The topological polar surface area (TPSA) is 49.4 Å². The predicted molar refractivity (Wildman–Crippen MR) is 69.6 cm³/mol. The molecule has 2 saturated heterocycles. The highest BCUT2D eigenvalue weighted by atomic mass is 32.2. The molecule has 1 aromatic carbocycles. The molecular weight excluding hydrogens is 305 g/mol. The Hall–Kier alpha value is -1.12. The second-order valence-corrected chi connectivity index (χ2v) is 7.33. The minimum atomic E-state index is -4.29. The second-order valence-electron chi connectivity index (χ2n) is 5.46. The highest BCUT2D eigenvalue weighted by Gasteiger charge is 2.39. The SMILES string of the molecule is O=S(=O)(c1c(F)cc(F)cc1F)N1CCC2NCCC2C1. The quantitative estimate of drug-likeness (QED) is 0.898. The van der Waals surface area contributed by atoms with Crippen LogP contribution in [0, 0.1) is 23.4 Å². The molecule has 3 rings (SSSR count). The molecule has 0 bridgehead atoms. The van der Waals surface area contributed by atoms with Gasteiger partial charge in [-0.2, -0.15) is 4.31 Å². The van der Waals surface area contributed by atoms with Gasteiger partial charge in [0.1, 0.15) is 17.5 Å². The third kappa shape index (κ3) is 2.56. The van der Waals surface area contributed by atoms with Gasteiger partial charge < -0.3 is 5.32 Å². The normalized spacial score (nSPS) is 26.8. The number of hydrogen-bond acceptors (Lipinski definition) is 3. The van der Waals surface area contributed by atoms with Crippen LogP contribution in [0.25, 0.3) is 0 Å². The maximum Gasteiger partial charge on any atom is 0.248 e. The largest absolute Gasteiger partial charge is 0.314 e. The maximum atomic E-state index is 13.7. The lowest BCUT2D eigenvalue weighted by Crippen LogP contribution is -2.47. The predicted octanol–water partition coefficient (Wildman–Crippen LogP) is 1.48. The lowest BCUT2D eigenvalue weighted by Gasteiger charge is -2.34. The number of rotatable bonds is 2. The molecule has 4 nitrogen and oxygen atoms in total. The number of fused-ring (bicyclic) bond motifs is 1. The van der Waals surface area contributed by atoms with Crippen LogP contribution >= 0.6 is 0 Å². The van der Waals surface area contributed by atoms with E-state index >= 15 is 0 Å². The molecule has 8 heteroatoms. The number of nitrogens with one attached hydrogen (secondary N) is 1. The molecule has 1 aromatic rings. The summed E-state index contributed by atoms with van der Waals surface area (Å²) in [6.07, 6.45) is 1.44. The van der Waals surface area contributed by atoms with Crippen molar-refractivity contribution in [3.05, 3.63) is 29.6 Å². The summed E-state index contributed by atoms with van der Waals surface area (Å²) in [7, 11) is -4.29. The summed E-state index contributed by atoms with van der Waals surface area (Å²) in [4.78, 5) is -1.06. The molecule has 0 saturated carbocycles. The Morgan fingerprint density at radius 3 is 2.48 bits per heavy atom. The Balaban J connectivity index is 1.94. The van der Waals surface area contributed by atoms with E-state index < -0.39 is 32.4 Å². The lowest BCUT2D eigenvalue weighted by atomic mass is 9.95. The summed E-state index contributed by atoms with van der Waals surface area (Å²) >= 11 is 0. The molecule has 21 heavy (non-hydrogen) atoms. The monoisotopic (exact) mass is 320 g/mol. The van der Waals surface area contributed by atoms with E-state index in [0.717, 1.165) is 17.3 Å². The average Bonchev–Trinajstić information content (AvgIpc) is 2.83. The first-order valence-corrected chi connectivity index (χ1v) is 8.21. The first-order chi connectivity index (χ1) is 9.89. The zero-order valence-corrected chi connectivity index (χ0v) is 12.0. The van der Waals surface area contributed by atoms with Gasteiger partial charge in [0.2, 0.25) is 10.0 Å². The van der Waals surface area contributed by atoms with Crippen molar-refractivity contribution in [2.24, 2.45) is 5.92 Å². The fraction of sp³-hybridized carbons (Fsp3) is 0.538. The van der Waals surface area contributed by atoms with Crippen molar-refractivity contribution in [1.29, 1.82) is 0 Å². The van der Waals surface area contributed by atoms with Crippen molar-refractivity contribution in [1.82, 2.24) is 9.62 Å². The van der Waals surface area contributed by atoms with Crippen LogP contribution in [-0.2, 0) is 10.0 Å². The van der Waals surface area contributed by atoms with Gasteiger partial charge in [0.05, 0.1) is 0 Å². The molecule has 2 aliphatic heterocycles. The lowest BCUT2D eigenvalue weighted by molar-refractivity contribution is 0.245. The fourth-order valence-electron chi connectivity index (χ4n) is 3.14. The zero-order valence-electron chi connectivity index (χ0n) is 11.2. The van der Waals surface area contributed by atoms with E-state index in [2.05, 4.69) is 5.32 Å². The number of piperidine rings is 1. The summed E-state index contributed by atoms with van der Waals surface area (Å²) in [5.41, 5.74) is 0. The maximum absolute atomic E-state index is 13.7. The van der Waals surface area contributed by atoms with E-state index in [4.69, 9.17) is 0 Å². The van der Waals surface area contributed by atoms with Crippen molar-refractivity contribution in [2.45, 2.75) is 23.8 Å². The molecule has 2 atom stereocenters. The smallest absolute Gasteiger partial charge is 0.248 e. The molecule has 0 aliphatic carbocycles. The molecule has 2 fully saturated rings. The van der Waals surface area contributed by atoms with E-state index in [1.54, 1.807) is 0 Å². The van der Waals surface area contributed by atoms with Gasteiger partial charge >= 0.3 is 0 Å². The average molecular weight is 320 g/mol. The third-order valence-corrected chi connectivity index (χ3v) is 6.10. The van der Waals surface area contributed by atoms with Gasteiger partial charge in [-0.3, -0.25) is 0 Å². The Bertz CT molecular complexity index is 642. The molecule has 2 aliphatic rings. The van der Waals surface area contributed by atoms with E-state index in [1.807, 2.05) is 0 Å². The van der Waals surface area contributed by atoms with Gasteiger partial charge in [0.25, 0.3) is 0 Å². The summed E-state index contributed by atoms with van der Waals surface area (Å²) in [5.74, 6) is -3.76. The molecule has 1 N–H and O–H groups in total. The standard InChI is InChI=1S/C13H15F3N2O2S/c14-9-5-10(15)13(11(16)6-9)21(19,20)18-4-2-12-8(7-18)1-3-17-12/h5-6,8,12,17H,1-4,7H2. The van der Waals surface area contributed by atoms with Crippen LogP contribution in [0.1, 0.15) is 12.8 Å². The highest BCUT2D eigenvalue weighted by molar-refractivity contribution is 7.89. The van der Waals surface area contributed by atoms with Crippen LogP contribution in [-0.4, -0.2) is 38.4 Å². The Morgan fingerprint density at radius 2 is 1.81 bits per heavy atom. The molecule has 0 radical (unpaired) electrons. The number of benzene rings is 1. The van der Waals surface area contributed by atoms with Crippen LogP contribution in [0.15, 0.2) is 17.0 Å². The first-order valence-electron chi connectivity index (χ1n) is 6.77. The van der Waals surface area contributed by atoms with Crippen molar-refractivity contribution in [2.75, 3.05) is 19.6 Å². The second kappa shape index (κ2) is 5.26. The van der Waals surface area contributed by atoms with Gasteiger partial charge in [-0.05, 0) is 25.3 Å². The fourth-order valence-corrected chi connectivity index (χ4v) is 4.74. The van der Waals surface area contributed by atoms with Crippen molar-refractivity contribution in [3.8, 4) is 0 Å². The number of nitrogens with zero attached hydrogens (tertiary/aromatic N) is 1. The van der Waals surface area contributed by atoms with Gasteiger partial charge in [-0.25, -0.2) is 21.6 Å². The van der Waals surface area contributed by atoms with Gasteiger partial charge in [0, 0.05) is 31.3 Å². The molecule has 2 unspecified atom stereocenters. The number of halogens is 3. The Kier molecular flexibility index (Phi) is 3.71. The van der Waals surface area contributed by atoms with Gasteiger partial charge in [-0.1, -0.05) is 0 Å². The zero-order chi connectivity index (χ0) is 15.2. The summed E-state index contributed by atoms with van der Waals surface area (Å²) < 4.78 is 66.3. The molecule has 0 amide bonds. The van der Waals surface area contributed by atoms with E-state index in [-0.39, 0.29) is 25.0 Å². The Morgan fingerprint density at radius 1 is 1.14 bits per heavy atom. The van der Waals surface area contributed by atoms with Crippen LogP contribution < -0.4 is 5.32 Å². The van der Waals surface area contributed by atoms with E-state index in [9.17, 15) is 21.6 Å². The minimum Gasteiger partial charge on any atom is -0.314 e. The van der Waals surface area contributed by atoms with Crippen molar-refractivity contribution in [3.63, 3.8) is 0 Å². The van der Waals surface area contributed by atoms with Gasteiger partial charge in [0.15, 0.2) is 4.90 Å². The highest BCUT2D eigenvalue weighted by Crippen LogP contribution is 2.30. The molecule has 0 spiro atoms. The van der Waals surface area contributed by atoms with Crippen molar-refractivity contribution < 1.29 is 21.6 Å². The van der Waals surface area contributed by atoms with E-state index in [0.29, 0.717) is 18.6 Å². The number of sulfonamides is 1. The van der Waals surface area contributed by atoms with Gasteiger partial charge in [-0.15, -0.1) is 0 Å². The van der Waals surface area contributed by atoms with Crippen LogP contribution in [0.4, 0.5) is 13.2 Å². The summed E-state index contributed by atoms with van der Waals surface area (Å²) in [5, 5.41) is 3.28. The Labute approximate surface area is 121 Å². The van der Waals surface area contributed by atoms with E-state index in [1.165, 1.54) is 0 Å². The van der Waals surface area contributed by atoms with Crippen LogP contribution in [0.3, 0.4) is 0 Å². The molecule has 0 aromatic heterocycles. The molecule has 2 heterocycles. The third-order valence-electron chi connectivity index (χ3n) is 4.18. The summed E-state index contributed by atoms with van der Waals surface area (Å²) in [6, 6.07) is 1.04. The van der Waals surface area contributed by atoms with Crippen molar-refractivity contribution >= 4 is 10.0 Å². The number of hydrogen-bond donors (Lipinski definition) is 1. The van der Waals surface area contributed by atoms with Crippen LogP contribution in [0.2, 0.25) is 0 Å². The van der Waals surface area contributed by atoms with Crippen LogP contribution in [0.5, 0.6) is 0 Å². The molecule has 116 valence electrons.